The van der Waals surface area contributed by atoms with Crippen LogP contribution in [0.25, 0.3) is 10.8 Å². The number of carbonyl (C=O) groups is 1. The first-order valence-electron chi connectivity index (χ1n) is 8.81. The normalized spacial score (nSPS) is 13.8. The van der Waals surface area contributed by atoms with E-state index in [2.05, 4.69) is 29.6 Å². The summed E-state index contributed by atoms with van der Waals surface area (Å²) in [6.45, 7) is 1.19. The van der Waals surface area contributed by atoms with Gasteiger partial charge in [-0.25, -0.2) is 0 Å². The fourth-order valence-electron chi connectivity index (χ4n) is 3.79. The van der Waals surface area contributed by atoms with Gasteiger partial charge in [0.15, 0.2) is 0 Å². The molecule has 0 fully saturated rings. The van der Waals surface area contributed by atoms with Crippen LogP contribution in [0.15, 0.2) is 60.7 Å². The number of fused-ring (bicyclic) bond motifs is 2. The largest absolute Gasteiger partial charge is 0.352 e. The van der Waals surface area contributed by atoms with E-state index in [0.717, 1.165) is 29.2 Å². The van der Waals surface area contributed by atoms with Crippen LogP contribution in [0.2, 0.25) is 0 Å². The summed E-state index contributed by atoms with van der Waals surface area (Å²) >= 11 is 0. The number of amides is 1. The minimum atomic E-state index is -0.00955. The van der Waals surface area contributed by atoms with Gasteiger partial charge in [0.05, 0.1) is 0 Å². The molecule has 1 amide bonds. The molecule has 0 aromatic heterocycles. The lowest BCUT2D eigenvalue weighted by Crippen LogP contribution is -2.29. The van der Waals surface area contributed by atoms with Gasteiger partial charge in [-0.1, -0.05) is 48.5 Å². The number of rotatable bonds is 4. The molecule has 0 spiro atoms. The summed E-state index contributed by atoms with van der Waals surface area (Å²) in [4.78, 5) is 12.6. The molecule has 1 aliphatic rings. The van der Waals surface area contributed by atoms with Crippen molar-refractivity contribution < 1.29 is 4.79 Å². The maximum Gasteiger partial charge on any atom is 0.251 e. The lowest BCUT2D eigenvalue weighted by molar-refractivity contribution is 0.0947. The number of hydrogen-bond donors (Lipinski definition) is 2. The third-order valence-electron chi connectivity index (χ3n) is 5.14. The van der Waals surface area contributed by atoms with Gasteiger partial charge in [0.2, 0.25) is 0 Å². The van der Waals surface area contributed by atoms with Gasteiger partial charge in [0, 0.05) is 18.7 Å². The van der Waals surface area contributed by atoms with Crippen LogP contribution in [-0.4, -0.2) is 12.5 Å². The molecule has 3 nitrogen and oxygen atoms in total. The van der Waals surface area contributed by atoms with Crippen molar-refractivity contribution in [1.82, 2.24) is 5.32 Å². The molecule has 0 unspecified atom stereocenters. The molecule has 0 atom stereocenters. The van der Waals surface area contributed by atoms with Crippen molar-refractivity contribution in [1.29, 1.82) is 0 Å². The summed E-state index contributed by atoms with van der Waals surface area (Å²) in [6.07, 6.45) is 2.09. The van der Waals surface area contributed by atoms with E-state index in [1.54, 1.807) is 0 Å². The average Bonchev–Trinajstić information content (AvgIpc) is 3.08. The molecule has 3 aromatic rings. The molecule has 3 heteroatoms. The van der Waals surface area contributed by atoms with Gasteiger partial charge in [0.1, 0.15) is 0 Å². The number of carbonyl (C=O) groups excluding carboxylic acids is 1. The summed E-state index contributed by atoms with van der Waals surface area (Å²) in [6, 6.07) is 20.5. The van der Waals surface area contributed by atoms with Crippen molar-refractivity contribution in [3.8, 4) is 0 Å². The summed E-state index contributed by atoms with van der Waals surface area (Å²) in [7, 11) is 0. The fraction of sp³-hybridized carbons (Fsp3) is 0.227. The zero-order valence-corrected chi connectivity index (χ0v) is 14.2. The molecule has 126 valence electrons. The first-order valence-corrected chi connectivity index (χ1v) is 8.81. The van der Waals surface area contributed by atoms with Crippen molar-refractivity contribution in [2.75, 3.05) is 6.54 Å². The molecule has 4 rings (SSSR count). The predicted octanol–water partition coefficient (Wildman–Crippen LogP) is 3.44. The van der Waals surface area contributed by atoms with E-state index in [9.17, 15) is 4.79 Å². The Kier molecular flexibility index (Phi) is 4.24. The van der Waals surface area contributed by atoms with Crippen LogP contribution < -0.4 is 11.1 Å². The van der Waals surface area contributed by atoms with Crippen LogP contribution in [0.3, 0.4) is 0 Å². The summed E-state index contributed by atoms with van der Waals surface area (Å²) in [5.74, 6) is 0.478. The topological polar surface area (TPSA) is 55.1 Å². The van der Waals surface area contributed by atoms with E-state index in [0.29, 0.717) is 24.6 Å². The molecule has 0 radical (unpaired) electrons. The van der Waals surface area contributed by atoms with Crippen LogP contribution in [0.1, 0.15) is 27.0 Å². The minimum Gasteiger partial charge on any atom is -0.352 e. The van der Waals surface area contributed by atoms with Crippen molar-refractivity contribution in [2.24, 2.45) is 11.7 Å². The van der Waals surface area contributed by atoms with Crippen molar-refractivity contribution >= 4 is 16.7 Å². The molecule has 0 heterocycles. The van der Waals surface area contributed by atoms with Gasteiger partial charge < -0.3 is 11.1 Å². The summed E-state index contributed by atoms with van der Waals surface area (Å²) in [5, 5.41) is 5.29. The Balaban J connectivity index is 1.46. The second-order valence-corrected chi connectivity index (χ2v) is 6.81. The van der Waals surface area contributed by atoms with Crippen LogP contribution in [0.4, 0.5) is 0 Å². The van der Waals surface area contributed by atoms with Gasteiger partial charge in [-0.05, 0) is 58.4 Å². The quantitative estimate of drug-likeness (QED) is 0.770. The van der Waals surface area contributed by atoms with Crippen LogP contribution in [-0.2, 0) is 19.4 Å². The number of nitrogens with two attached hydrogens (primary N) is 1. The smallest absolute Gasteiger partial charge is 0.251 e. The summed E-state index contributed by atoms with van der Waals surface area (Å²) in [5.41, 5.74) is 10.4. The number of benzene rings is 3. The highest BCUT2D eigenvalue weighted by atomic mass is 16.1. The maximum atomic E-state index is 12.6. The second kappa shape index (κ2) is 6.69. The van der Waals surface area contributed by atoms with Crippen LogP contribution >= 0.6 is 0 Å². The second-order valence-electron chi connectivity index (χ2n) is 6.81. The Morgan fingerprint density at radius 3 is 2.48 bits per heavy atom. The molecule has 0 bridgehead atoms. The highest BCUT2D eigenvalue weighted by molar-refractivity contribution is 5.99. The van der Waals surface area contributed by atoms with E-state index in [1.165, 1.54) is 11.1 Å². The molecular weight excluding hydrogens is 308 g/mol. The predicted molar refractivity (Wildman–Crippen MR) is 102 cm³/mol. The monoisotopic (exact) mass is 330 g/mol. The van der Waals surface area contributed by atoms with E-state index in [4.69, 9.17) is 5.73 Å². The Morgan fingerprint density at radius 1 is 1.00 bits per heavy atom. The van der Waals surface area contributed by atoms with E-state index >= 15 is 0 Å². The van der Waals surface area contributed by atoms with Gasteiger partial charge in [-0.15, -0.1) is 0 Å². The molecular formula is C22H22N2O. The minimum absolute atomic E-state index is 0.00955. The van der Waals surface area contributed by atoms with E-state index in [1.807, 2.05) is 36.4 Å². The summed E-state index contributed by atoms with van der Waals surface area (Å²) < 4.78 is 0. The zero-order valence-electron chi connectivity index (χ0n) is 14.2. The standard InChI is InChI=1S/C22H22N2O/c23-13-20-7-3-6-16-8-9-19(12-21(16)20)22(25)24-14-15-10-17-4-1-2-5-18(17)11-15/h1-9,12,15H,10-11,13-14,23H2,(H,24,25). The van der Waals surface area contributed by atoms with Crippen molar-refractivity contribution in [2.45, 2.75) is 19.4 Å². The van der Waals surface area contributed by atoms with Gasteiger partial charge >= 0.3 is 0 Å². The van der Waals surface area contributed by atoms with Crippen LogP contribution in [0, 0.1) is 5.92 Å². The Labute approximate surface area is 147 Å². The molecule has 1 aliphatic carbocycles. The Morgan fingerprint density at radius 2 is 1.76 bits per heavy atom. The molecule has 0 aliphatic heterocycles. The zero-order chi connectivity index (χ0) is 17.2. The van der Waals surface area contributed by atoms with Gasteiger partial charge in [0.25, 0.3) is 5.91 Å². The first kappa shape index (κ1) is 15.9. The Bertz CT molecular complexity index is 907. The van der Waals surface area contributed by atoms with Gasteiger partial charge in [-0.2, -0.15) is 0 Å². The van der Waals surface area contributed by atoms with Crippen molar-refractivity contribution in [3.05, 3.63) is 82.9 Å². The average molecular weight is 330 g/mol. The van der Waals surface area contributed by atoms with Crippen LogP contribution in [0.5, 0.6) is 0 Å². The van der Waals surface area contributed by atoms with E-state index in [-0.39, 0.29) is 5.91 Å². The lowest BCUT2D eigenvalue weighted by atomic mass is 10.0. The number of hydrogen-bond acceptors (Lipinski definition) is 2. The fourth-order valence-corrected chi connectivity index (χ4v) is 3.79. The van der Waals surface area contributed by atoms with E-state index < -0.39 is 0 Å². The van der Waals surface area contributed by atoms with Gasteiger partial charge in [-0.3, -0.25) is 4.79 Å². The number of nitrogens with one attached hydrogen (secondary N) is 1. The molecule has 0 saturated carbocycles. The molecule has 0 saturated heterocycles. The highest BCUT2D eigenvalue weighted by Gasteiger charge is 2.21. The van der Waals surface area contributed by atoms with Crippen molar-refractivity contribution in [3.63, 3.8) is 0 Å². The molecule has 25 heavy (non-hydrogen) atoms. The Hall–Kier alpha value is -2.65. The maximum absolute atomic E-state index is 12.6. The highest BCUT2D eigenvalue weighted by Crippen LogP contribution is 2.26. The molecule has 3 N–H and O–H groups in total. The third kappa shape index (κ3) is 3.15. The third-order valence-corrected chi connectivity index (χ3v) is 5.14. The first-order chi connectivity index (χ1) is 12.2. The molecule has 3 aromatic carbocycles. The SMILES string of the molecule is NCc1cccc2ccc(C(=O)NCC3Cc4ccccc4C3)cc12. The lowest BCUT2D eigenvalue weighted by Gasteiger charge is -2.12.